The molecule has 1 amide bonds. The quantitative estimate of drug-likeness (QED) is 0.758. The zero-order valence-corrected chi connectivity index (χ0v) is 10.5. The van der Waals surface area contributed by atoms with Crippen LogP contribution in [0.4, 0.5) is 0 Å². The largest absolute Gasteiger partial charge is 0.351 e. The molecule has 0 bridgehead atoms. The van der Waals surface area contributed by atoms with Crippen LogP contribution in [0.3, 0.4) is 0 Å². The SMILES string of the molecule is O=C(NCc1ccccc1)[C@@H]1Cc2nc[nH]c2CN1. The highest BCUT2D eigenvalue weighted by molar-refractivity contribution is 5.82. The van der Waals surface area contributed by atoms with Gasteiger partial charge in [0, 0.05) is 19.5 Å². The molecule has 1 atom stereocenters. The molecule has 0 saturated carbocycles. The normalized spacial score (nSPS) is 17.8. The molecular weight excluding hydrogens is 240 g/mol. The molecule has 3 rings (SSSR count). The van der Waals surface area contributed by atoms with E-state index in [9.17, 15) is 4.79 Å². The molecule has 2 heterocycles. The Labute approximate surface area is 111 Å². The number of aromatic nitrogens is 2. The Balaban J connectivity index is 1.57. The first-order chi connectivity index (χ1) is 9.33. The summed E-state index contributed by atoms with van der Waals surface area (Å²) in [4.78, 5) is 19.4. The van der Waals surface area contributed by atoms with Crippen LogP contribution in [0.2, 0.25) is 0 Å². The molecule has 5 heteroatoms. The van der Waals surface area contributed by atoms with Crippen molar-refractivity contribution in [3.63, 3.8) is 0 Å². The zero-order valence-electron chi connectivity index (χ0n) is 10.5. The minimum Gasteiger partial charge on any atom is -0.351 e. The molecule has 0 spiro atoms. The van der Waals surface area contributed by atoms with Gasteiger partial charge < -0.3 is 10.3 Å². The van der Waals surface area contributed by atoms with Gasteiger partial charge in [-0.15, -0.1) is 0 Å². The van der Waals surface area contributed by atoms with Crippen molar-refractivity contribution in [3.8, 4) is 0 Å². The van der Waals surface area contributed by atoms with Gasteiger partial charge >= 0.3 is 0 Å². The summed E-state index contributed by atoms with van der Waals surface area (Å²) < 4.78 is 0. The number of rotatable bonds is 3. The van der Waals surface area contributed by atoms with E-state index >= 15 is 0 Å². The summed E-state index contributed by atoms with van der Waals surface area (Å²) in [5.74, 6) is 0.0255. The van der Waals surface area contributed by atoms with E-state index < -0.39 is 0 Å². The van der Waals surface area contributed by atoms with Crippen LogP contribution in [0, 0.1) is 0 Å². The van der Waals surface area contributed by atoms with Gasteiger partial charge in [0.1, 0.15) is 0 Å². The number of benzene rings is 1. The maximum atomic E-state index is 12.1. The van der Waals surface area contributed by atoms with Crippen molar-refractivity contribution < 1.29 is 4.79 Å². The Morgan fingerprint density at radius 1 is 1.37 bits per heavy atom. The molecule has 0 aliphatic carbocycles. The second-order valence-corrected chi connectivity index (χ2v) is 4.67. The minimum atomic E-state index is -0.195. The number of hydrogen-bond donors (Lipinski definition) is 3. The highest BCUT2D eigenvalue weighted by Gasteiger charge is 2.25. The number of fused-ring (bicyclic) bond motifs is 1. The Bertz CT molecular complexity index is 564. The summed E-state index contributed by atoms with van der Waals surface area (Å²) in [5, 5.41) is 6.17. The molecule has 19 heavy (non-hydrogen) atoms. The number of H-pyrrole nitrogens is 1. The summed E-state index contributed by atoms with van der Waals surface area (Å²) in [6.07, 6.45) is 2.32. The van der Waals surface area contributed by atoms with E-state index in [1.165, 1.54) is 0 Å². The van der Waals surface area contributed by atoms with Crippen molar-refractivity contribution in [1.82, 2.24) is 20.6 Å². The van der Waals surface area contributed by atoms with Crippen molar-refractivity contribution in [2.45, 2.75) is 25.6 Å². The smallest absolute Gasteiger partial charge is 0.237 e. The van der Waals surface area contributed by atoms with Gasteiger partial charge in [-0.25, -0.2) is 4.98 Å². The maximum Gasteiger partial charge on any atom is 0.237 e. The van der Waals surface area contributed by atoms with Gasteiger partial charge in [-0.05, 0) is 5.56 Å². The lowest BCUT2D eigenvalue weighted by Gasteiger charge is -2.22. The Kier molecular flexibility index (Phi) is 3.29. The van der Waals surface area contributed by atoms with Gasteiger partial charge in [0.15, 0.2) is 0 Å². The van der Waals surface area contributed by atoms with Crippen molar-refractivity contribution >= 4 is 5.91 Å². The van der Waals surface area contributed by atoms with Gasteiger partial charge in [0.25, 0.3) is 0 Å². The van der Waals surface area contributed by atoms with E-state index in [1.54, 1.807) is 6.33 Å². The average Bonchev–Trinajstić information content (AvgIpc) is 2.93. The van der Waals surface area contributed by atoms with Gasteiger partial charge in [0.2, 0.25) is 5.91 Å². The van der Waals surface area contributed by atoms with Crippen LogP contribution < -0.4 is 10.6 Å². The van der Waals surface area contributed by atoms with E-state index in [1.807, 2.05) is 30.3 Å². The molecule has 0 radical (unpaired) electrons. The molecule has 0 fully saturated rings. The van der Waals surface area contributed by atoms with Crippen LogP contribution >= 0.6 is 0 Å². The lowest BCUT2D eigenvalue weighted by molar-refractivity contribution is -0.123. The van der Waals surface area contributed by atoms with E-state index in [0.29, 0.717) is 19.5 Å². The predicted octanol–water partition coefficient (Wildman–Crippen LogP) is 0.740. The molecule has 1 aliphatic rings. The molecule has 0 saturated heterocycles. The topological polar surface area (TPSA) is 69.8 Å². The fourth-order valence-corrected chi connectivity index (χ4v) is 2.26. The first kappa shape index (κ1) is 11.9. The number of carbonyl (C=O) groups is 1. The number of hydrogen-bond acceptors (Lipinski definition) is 3. The number of aromatic amines is 1. The molecule has 0 unspecified atom stereocenters. The Morgan fingerprint density at radius 2 is 2.21 bits per heavy atom. The minimum absolute atomic E-state index is 0.0255. The van der Waals surface area contributed by atoms with Crippen LogP contribution in [0.15, 0.2) is 36.7 Å². The molecule has 1 aromatic heterocycles. The Hall–Kier alpha value is -2.14. The third kappa shape index (κ3) is 2.66. The number of carbonyl (C=O) groups excluding carboxylic acids is 1. The zero-order chi connectivity index (χ0) is 13.1. The van der Waals surface area contributed by atoms with Crippen molar-refractivity contribution in [2.75, 3.05) is 0 Å². The van der Waals surface area contributed by atoms with Gasteiger partial charge in [-0.1, -0.05) is 30.3 Å². The van der Waals surface area contributed by atoms with Crippen molar-refractivity contribution in [3.05, 3.63) is 53.6 Å². The third-order valence-electron chi connectivity index (χ3n) is 3.36. The van der Waals surface area contributed by atoms with E-state index in [-0.39, 0.29) is 11.9 Å². The van der Waals surface area contributed by atoms with Crippen LogP contribution in [0.25, 0.3) is 0 Å². The van der Waals surface area contributed by atoms with Gasteiger partial charge in [0.05, 0.1) is 23.8 Å². The van der Waals surface area contributed by atoms with Gasteiger partial charge in [-0.3, -0.25) is 10.1 Å². The molecule has 1 aliphatic heterocycles. The third-order valence-corrected chi connectivity index (χ3v) is 3.36. The van der Waals surface area contributed by atoms with Crippen molar-refractivity contribution in [2.24, 2.45) is 0 Å². The highest BCUT2D eigenvalue weighted by Crippen LogP contribution is 2.12. The highest BCUT2D eigenvalue weighted by atomic mass is 16.2. The summed E-state index contributed by atoms with van der Waals surface area (Å²) in [7, 11) is 0. The van der Waals surface area contributed by atoms with Crippen LogP contribution in [-0.4, -0.2) is 21.9 Å². The second kappa shape index (κ2) is 5.24. The monoisotopic (exact) mass is 256 g/mol. The summed E-state index contributed by atoms with van der Waals surface area (Å²) in [5.41, 5.74) is 3.16. The molecule has 3 N–H and O–H groups in total. The molecular formula is C14H16N4O. The lowest BCUT2D eigenvalue weighted by Crippen LogP contribution is -2.47. The summed E-state index contributed by atoms with van der Waals surface area (Å²) >= 11 is 0. The van der Waals surface area contributed by atoms with E-state index in [2.05, 4.69) is 20.6 Å². The van der Waals surface area contributed by atoms with Crippen LogP contribution in [-0.2, 0) is 24.3 Å². The number of nitrogens with one attached hydrogen (secondary N) is 3. The molecule has 2 aromatic rings. The summed E-state index contributed by atoms with van der Waals surface area (Å²) in [6, 6.07) is 9.71. The average molecular weight is 256 g/mol. The van der Waals surface area contributed by atoms with E-state index in [0.717, 1.165) is 17.0 Å². The fraction of sp³-hybridized carbons (Fsp3) is 0.286. The molecule has 98 valence electrons. The van der Waals surface area contributed by atoms with Crippen molar-refractivity contribution in [1.29, 1.82) is 0 Å². The Morgan fingerprint density at radius 3 is 3.05 bits per heavy atom. The summed E-state index contributed by atoms with van der Waals surface area (Å²) in [6.45, 7) is 1.23. The first-order valence-electron chi connectivity index (χ1n) is 6.39. The van der Waals surface area contributed by atoms with Gasteiger partial charge in [-0.2, -0.15) is 0 Å². The number of amides is 1. The number of nitrogens with zero attached hydrogens (tertiary/aromatic N) is 1. The fourth-order valence-electron chi connectivity index (χ4n) is 2.26. The first-order valence-corrected chi connectivity index (χ1v) is 6.39. The van der Waals surface area contributed by atoms with Crippen LogP contribution in [0.1, 0.15) is 17.0 Å². The standard InChI is InChI=1S/C14H16N4O/c19-14(16-7-10-4-2-1-3-5-10)12-6-11-13(8-15-12)18-9-17-11/h1-5,9,12,15H,6-8H2,(H,16,19)(H,17,18)/t12-/m0/s1. The lowest BCUT2D eigenvalue weighted by atomic mass is 10.0. The van der Waals surface area contributed by atoms with Crippen LogP contribution in [0.5, 0.6) is 0 Å². The molecule has 5 nitrogen and oxygen atoms in total. The maximum absolute atomic E-state index is 12.1. The predicted molar refractivity (Wildman–Crippen MR) is 71.2 cm³/mol. The molecule has 1 aromatic carbocycles. The number of imidazole rings is 1. The second-order valence-electron chi connectivity index (χ2n) is 4.67. The van der Waals surface area contributed by atoms with E-state index in [4.69, 9.17) is 0 Å².